The molecule has 0 spiro atoms. The number of nitrogens with zero attached hydrogens (tertiary/aromatic N) is 1. The van der Waals surface area contributed by atoms with E-state index in [0.717, 1.165) is 29.1 Å². The molecule has 8 nitrogen and oxygen atoms in total. The molecule has 0 aromatic heterocycles. The summed E-state index contributed by atoms with van der Waals surface area (Å²) in [6.45, 7) is 1.39. The summed E-state index contributed by atoms with van der Waals surface area (Å²) in [6, 6.07) is 14.8. The van der Waals surface area contributed by atoms with Crippen molar-refractivity contribution >= 4 is 33.2 Å². The van der Waals surface area contributed by atoms with E-state index in [-0.39, 0.29) is 28.1 Å². The summed E-state index contributed by atoms with van der Waals surface area (Å²) in [5, 5.41) is 3.25. The van der Waals surface area contributed by atoms with Crippen LogP contribution in [-0.2, 0) is 27.7 Å². The van der Waals surface area contributed by atoms with Crippen molar-refractivity contribution < 1.29 is 27.4 Å². The summed E-state index contributed by atoms with van der Waals surface area (Å²) in [5.41, 5.74) is 3.76. The maximum Gasteiger partial charge on any atom is 0.265 e. The van der Waals surface area contributed by atoms with Crippen LogP contribution >= 0.6 is 11.6 Å². The Morgan fingerprint density at radius 1 is 0.897 bits per heavy atom. The average Bonchev–Trinajstić information content (AvgIpc) is 2.95. The number of methoxy groups -OCH3 is 3. The molecule has 0 saturated heterocycles. The van der Waals surface area contributed by atoms with Crippen LogP contribution in [0, 0.1) is 0 Å². The van der Waals surface area contributed by atoms with E-state index in [4.69, 9.17) is 25.8 Å². The minimum Gasteiger partial charge on any atom is -0.495 e. The lowest BCUT2D eigenvalue weighted by atomic mass is 9.89. The molecule has 1 aliphatic carbocycles. The Labute approximate surface area is 234 Å². The van der Waals surface area contributed by atoms with Crippen molar-refractivity contribution in [3.63, 3.8) is 0 Å². The quantitative estimate of drug-likeness (QED) is 0.353. The molecule has 1 amide bonds. The second-order valence-corrected chi connectivity index (χ2v) is 11.7. The molecule has 1 unspecified atom stereocenters. The molecule has 39 heavy (non-hydrogen) atoms. The summed E-state index contributed by atoms with van der Waals surface area (Å²) in [7, 11) is 0.0322. The Morgan fingerprint density at radius 3 is 2.26 bits per heavy atom. The topological polar surface area (TPSA) is 94.2 Å². The summed E-state index contributed by atoms with van der Waals surface area (Å²) in [6.07, 6.45) is 4.44. The number of benzene rings is 3. The van der Waals surface area contributed by atoms with Crippen LogP contribution in [0.1, 0.15) is 42.5 Å². The number of aryl methyl sites for hydroxylation is 2. The molecule has 1 aliphatic rings. The molecule has 1 N–H and O–H groups in total. The number of hydrogen-bond acceptors (Lipinski definition) is 6. The third kappa shape index (κ3) is 6.25. The molecule has 3 aromatic carbocycles. The Kier molecular flexibility index (Phi) is 8.92. The standard InChI is InChI=1S/C29H33ClN2O6S/c1-19(21-10-9-20-7-5-6-8-22(20)15-21)31-29(33)18-32(25-16-23(30)11-13-26(25)36-2)39(34,35)24-12-14-27(37-3)28(17-24)38-4/h9-17,19H,5-8,18H2,1-4H3,(H,31,33). The predicted molar refractivity (Wildman–Crippen MR) is 152 cm³/mol. The highest BCUT2D eigenvalue weighted by molar-refractivity contribution is 7.92. The molecule has 0 aliphatic heterocycles. The number of halogens is 1. The number of nitrogens with one attached hydrogen (secondary N) is 1. The molecule has 10 heteroatoms. The van der Waals surface area contributed by atoms with Crippen molar-refractivity contribution in [3.05, 3.63) is 76.3 Å². The van der Waals surface area contributed by atoms with Crippen molar-refractivity contribution in [2.75, 3.05) is 32.2 Å². The van der Waals surface area contributed by atoms with Gasteiger partial charge in [0.25, 0.3) is 10.0 Å². The third-order valence-corrected chi connectivity index (χ3v) is 8.88. The number of anilines is 1. The van der Waals surface area contributed by atoms with E-state index in [1.807, 2.05) is 13.0 Å². The zero-order valence-electron chi connectivity index (χ0n) is 22.5. The predicted octanol–water partition coefficient (Wildman–Crippen LogP) is 5.32. The van der Waals surface area contributed by atoms with Crippen molar-refractivity contribution in [2.24, 2.45) is 0 Å². The van der Waals surface area contributed by atoms with E-state index in [1.165, 1.54) is 63.1 Å². The molecule has 208 valence electrons. The van der Waals surface area contributed by atoms with Crippen LogP contribution in [0.2, 0.25) is 5.02 Å². The smallest absolute Gasteiger partial charge is 0.265 e. The number of ether oxygens (including phenoxy) is 3. The van der Waals surface area contributed by atoms with Crippen LogP contribution < -0.4 is 23.8 Å². The van der Waals surface area contributed by atoms with Gasteiger partial charge in [0.2, 0.25) is 5.91 Å². The first-order valence-corrected chi connectivity index (χ1v) is 14.5. The minimum atomic E-state index is -4.27. The lowest BCUT2D eigenvalue weighted by Gasteiger charge is -2.27. The summed E-state index contributed by atoms with van der Waals surface area (Å²) in [5.74, 6) is 0.382. The van der Waals surface area contributed by atoms with Gasteiger partial charge in [-0.25, -0.2) is 8.42 Å². The van der Waals surface area contributed by atoms with Gasteiger partial charge in [-0.3, -0.25) is 9.10 Å². The summed E-state index contributed by atoms with van der Waals surface area (Å²) >= 11 is 6.25. The molecular weight excluding hydrogens is 540 g/mol. The average molecular weight is 573 g/mol. The number of amides is 1. The lowest BCUT2D eigenvalue weighted by Crippen LogP contribution is -2.41. The van der Waals surface area contributed by atoms with Gasteiger partial charge >= 0.3 is 0 Å². The molecule has 0 bridgehead atoms. The number of carbonyl (C=O) groups excluding carboxylic acids is 1. The van der Waals surface area contributed by atoms with Gasteiger partial charge in [-0.15, -0.1) is 0 Å². The first-order valence-electron chi connectivity index (χ1n) is 12.7. The molecule has 0 saturated carbocycles. The van der Waals surface area contributed by atoms with Crippen molar-refractivity contribution in [3.8, 4) is 17.2 Å². The number of fused-ring (bicyclic) bond motifs is 1. The Hall–Kier alpha value is -3.43. The lowest BCUT2D eigenvalue weighted by molar-refractivity contribution is -0.120. The SMILES string of the molecule is COc1ccc(S(=O)(=O)N(CC(=O)NC(C)c2ccc3c(c2)CCCC3)c2cc(Cl)ccc2OC)cc1OC. The fourth-order valence-electron chi connectivity index (χ4n) is 4.79. The molecule has 0 radical (unpaired) electrons. The minimum absolute atomic E-state index is 0.0854. The number of rotatable bonds is 10. The van der Waals surface area contributed by atoms with Crippen LogP contribution in [-0.4, -0.2) is 42.2 Å². The van der Waals surface area contributed by atoms with Gasteiger partial charge in [-0.2, -0.15) is 0 Å². The first kappa shape index (κ1) is 28.6. The molecule has 1 atom stereocenters. The van der Waals surface area contributed by atoms with Crippen molar-refractivity contribution in [1.29, 1.82) is 0 Å². The maximum absolute atomic E-state index is 14.0. The molecule has 3 aromatic rings. The van der Waals surface area contributed by atoms with Crippen LogP contribution in [0.25, 0.3) is 0 Å². The fourth-order valence-corrected chi connectivity index (χ4v) is 6.39. The molecular formula is C29H33ClN2O6S. The van der Waals surface area contributed by atoms with Gasteiger partial charge in [0.1, 0.15) is 12.3 Å². The normalized spacial score (nSPS) is 13.7. The second-order valence-electron chi connectivity index (χ2n) is 9.37. The van der Waals surface area contributed by atoms with Crippen LogP contribution in [0.15, 0.2) is 59.5 Å². The Morgan fingerprint density at radius 2 is 1.56 bits per heavy atom. The van der Waals surface area contributed by atoms with E-state index in [0.29, 0.717) is 10.8 Å². The van der Waals surface area contributed by atoms with Crippen LogP contribution in [0.3, 0.4) is 0 Å². The van der Waals surface area contributed by atoms with Gasteiger partial charge in [0.05, 0.1) is 38.0 Å². The first-order chi connectivity index (χ1) is 18.7. The van der Waals surface area contributed by atoms with Crippen molar-refractivity contribution in [1.82, 2.24) is 5.32 Å². The van der Waals surface area contributed by atoms with Crippen LogP contribution in [0.4, 0.5) is 5.69 Å². The highest BCUT2D eigenvalue weighted by Gasteiger charge is 2.31. The molecule has 0 heterocycles. The zero-order chi connectivity index (χ0) is 28.2. The third-order valence-electron chi connectivity index (χ3n) is 6.89. The van der Waals surface area contributed by atoms with Gasteiger partial charge in [-0.05, 0) is 79.6 Å². The Bertz CT molecular complexity index is 1460. The largest absolute Gasteiger partial charge is 0.495 e. The van der Waals surface area contributed by atoms with Crippen LogP contribution in [0.5, 0.6) is 17.2 Å². The van der Waals surface area contributed by atoms with Gasteiger partial charge in [0, 0.05) is 11.1 Å². The highest BCUT2D eigenvalue weighted by Crippen LogP contribution is 2.37. The van der Waals surface area contributed by atoms with E-state index < -0.39 is 22.5 Å². The van der Waals surface area contributed by atoms with Crippen molar-refractivity contribution in [2.45, 2.75) is 43.5 Å². The summed E-state index contributed by atoms with van der Waals surface area (Å²) < 4.78 is 45.0. The number of sulfonamides is 1. The fraction of sp³-hybridized carbons (Fsp3) is 0.345. The second kappa shape index (κ2) is 12.2. The van der Waals surface area contributed by atoms with E-state index in [9.17, 15) is 13.2 Å². The zero-order valence-corrected chi connectivity index (χ0v) is 24.1. The van der Waals surface area contributed by atoms with E-state index >= 15 is 0 Å². The Balaban J connectivity index is 1.67. The molecule has 0 fully saturated rings. The van der Waals surface area contributed by atoms with Gasteiger partial charge in [0.15, 0.2) is 11.5 Å². The number of hydrogen-bond donors (Lipinski definition) is 1. The summed E-state index contributed by atoms with van der Waals surface area (Å²) in [4.78, 5) is 13.3. The van der Waals surface area contributed by atoms with E-state index in [1.54, 1.807) is 12.1 Å². The van der Waals surface area contributed by atoms with Gasteiger partial charge in [-0.1, -0.05) is 29.8 Å². The molecule has 4 rings (SSSR count). The maximum atomic E-state index is 14.0. The van der Waals surface area contributed by atoms with E-state index in [2.05, 4.69) is 17.4 Å². The number of carbonyl (C=O) groups is 1. The van der Waals surface area contributed by atoms with Gasteiger partial charge < -0.3 is 19.5 Å². The highest BCUT2D eigenvalue weighted by atomic mass is 35.5. The monoisotopic (exact) mass is 572 g/mol.